The number of rotatable bonds is 8. The van der Waals surface area contributed by atoms with E-state index in [4.69, 9.17) is 0 Å². The van der Waals surface area contributed by atoms with Crippen LogP contribution in [0.15, 0.2) is 22.7 Å². The van der Waals surface area contributed by atoms with Crippen molar-refractivity contribution in [1.82, 2.24) is 10.2 Å². The highest BCUT2D eigenvalue weighted by Crippen LogP contribution is 2.21. The van der Waals surface area contributed by atoms with Crippen LogP contribution in [0.5, 0.6) is 0 Å². The molecular weight excluding hydrogens is 312 g/mol. The zero-order valence-electron chi connectivity index (χ0n) is 13.5. The number of nitrogens with one attached hydrogen (secondary N) is 1. The molecule has 0 radical (unpaired) electrons. The third-order valence-electron chi connectivity index (χ3n) is 3.83. The lowest BCUT2D eigenvalue weighted by atomic mass is 10.1. The predicted molar refractivity (Wildman–Crippen MR) is 92.0 cm³/mol. The van der Waals surface area contributed by atoms with Crippen molar-refractivity contribution in [3.05, 3.63) is 33.8 Å². The van der Waals surface area contributed by atoms with Gasteiger partial charge < -0.3 is 5.32 Å². The van der Waals surface area contributed by atoms with Crippen molar-refractivity contribution in [3.8, 4) is 0 Å². The van der Waals surface area contributed by atoms with E-state index in [0.717, 1.165) is 19.6 Å². The van der Waals surface area contributed by atoms with E-state index in [0.29, 0.717) is 12.1 Å². The lowest BCUT2D eigenvalue weighted by Crippen LogP contribution is -2.32. The van der Waals surface area contributed by atoms with Gasteiger partial charge in [0.05, 0.1) is 0 Å². The summed E-state index contributed by atoms with van der Waals surface area (Å²) in [5.41, 5.74) is 2.71. The van der Waals surface area contributed by atoms with Gasteiger partial charge in [-0.05, 0) is 37.1 Å². The summed E-state index contributed by atoms with van der Waals surface area (Å²) in [5.74, 6) is 0. The molecule has 1 aromatic rings. The van der Waals surface area contributed by atoms with Gasteiger partial charge in [-0.1, -0.05) is 55.8 Å². The maximum absolute atomic E-state index is 3.73. The van der Waals surface area contributed by atoms with Crippen LogP contribution in [0.2, 0.25) is 0 Å². The molecule has 0 heterocycles. The molecule has 0 fully saturated rings. The Balaban J connectivity index is 2.72. The summed E-state index contributed by atoms with van der Waals surface area (Å²) in [5, 5.41) is 3.46. The molecule has 0 saturated carbocycles. The molecule has 1 aromatic carbocycles. The van der Waals surface area contributed by atoms with Crippen LogP contribution in [0.25, 0.3) is 0 Å². The Kier molecular flexibility index (Phi) is 7.78. The first-order valence-electron chi connectivity index (χ1n) is 7.72. The summed E-state index contributed by atoms with van der Waals surface area (Å²) in [6.45, 7) is 14.2. The standard InChI is InChI=1S/C17H29BrN2/c1-6-14(5)20(7-2)12-16-9-8-15(10-17(16)18)11-19-13(3)4/h8-10,13-14,19H,6-7,11-12H2,1-5H3. The SMILES string of the molecule is CCC(C)N(CC)Cc1ccc(CNC(C)C)cc1Br. The molecule has 0 amide bonds. The average molecular weight is 341 g/mol. The summed E-state index contributed by atoms with van der Waals surface area (Å²) in [7, 11) is 0. The van der Waals surface area contributed by atoms with Gasteiger partial charge in [0, 0.05) is 29.6 Å². The quantitative estimate of drug-likeness (QED) is 0.745. The van der Waals surface area contributed by atoms with Gasteiger partial charge in [0.1, 0.15) is 0 Å². The molecule has 0 spiro atoms. The largest absolute Gasteiger partial charge is 0.310 e. The molecule has 1 rings (SSSR count). The molecule has 1 atom stereocenters. The van der Waals surface area contributed by atoms with Crippen LogP contribution in [0, 0.1) is 0 Å². The third kappa shape index (κ3) is 5.55. The van der Waals surface area contributed by atoms with Gasteiger partial charge in [-0.25, -0.2) is 0 Å². The Bertz CT molecular complexity index is 404. The highest BCUT2D eigenvalue weighted by atomic mass is 79.9. The van der Waals surface area contributed by atoms with E-state index in [9.17, 15) is 0 Å². The minimum absolute atomic E-state index is 0.523. The van der Waals surface area contributed by atoms with E-state index < -0.39 is 0 Å². The van der Waals surface area contributed by atoms with Crippen molar-refractivity contribution in [2.24, 2.45) is 0 Å². The first kappa shape index (κ1) is 17.7. The Morgan fingerprint density at radius 2 is 1.90 bits per heavy atom. The van der Waals surface area contributed by atoms with Crippen LogP contribution < -0.4 is 5.32 Å². The lowest BCUT2D eigenvalue weighted by molar-refractivity contribution is 0.205. The van der Waals surface area contributed by atoms with Crippen LogP contribution >= 0.6 is 15.9 Å². The molecule has 0 aliphatic rings. The monoisotopic (exact) mass is 340 g/mol. The van der Waals surface area contributed by atoms with Crippen molar-refractivity contribution in [2.45, 2.75) is 66.2 Å². The van der Waals surface area contributed by atoms with Crippen LogP contribution in [-0.4, -0.2) is 23.5 Å². The van der Waals surface area contributed by atoms with Crippen LogP contribution in [0.1, 0.15) is 52.2 Å². The third-order valence-corrected chi connectivity index (χ3v) is 4.56. The molecule has 0 bridgehead atoms. The number of hydrogen-bond donors (Lipinski definition) is 1. The fraction of sp³-hybridized carbons (Fsp3) is 0.647. The molecule has 20 heavy (non-hydrogen) atoms. The summed E-state index contributed by atoms with van der Waals surface area (Å²) in [6.07, 6.45) is 1.20. The molecule has 1 unspecified atom stereocenters. The van der Waals surface area contributed by atoms with Crippen molar-refractivity contribution in [1.29, 1.82) is 0 Å². The number of benzene rings is 1. The van der Waals surface area contributed by atoms with E-state index in [1.807, 2.05) is 0 Å². The average Bonchev–Trinajstić information content (AvgIpc) is 2.43. The van der Waals surface area contributed by atoms with Gasteiger partial charge in [-0.2, -0.15) is 0 Å². The predicted octanol–water partition coefficient (Wildman–Crippen LogP) is 4.57. The number of halogens is 1. The topological polar surface area (TPSA) is 15.3 Å². The fourth-order valence-electron chi connectivity index (χ4n) is 2.21. The van der Waals surface area contributed by atoms with Crippen molar-refractivity contribution in [3.63, 3.8) is 0 Å². The zero-order valence-corrected chi connectivity index (χ0v) is 15.1. The zero-order chi connectivity index (χ0) is 15.1. The second kappa shape index (κ2) is 8.81. The Morgan fingerprint density at radius 1 is 1.20 bits per heavy atom. The number of hydrogen-bond acceptors (Lipinski definition) is 2. The highest BCUT2D eigenvalue weighted by Gasteiger charge is 2.12. The Hall–Kier alpha value is -0.380. The highest BCUT2D eigenvalue weighted by molar-refractivity contribution is 9.10. The first-order valence-corrected chi connectivity index (χ1v) is 8.51. The van der Waals surface area contributed by atoms with Gasteiger partial charge in [0.25, 0.3) is 0 Å². The van der Waals surface area contributed by atoms with Gasteiger partial charge in [-0.3, -0.25) is 4.90 Å². The van der Waals surface area contributed by atoms with E-state index >= 15 is 0 Å². The van der Waals surface area contributed by atoms with Gasteiger partial charge >= 0.3 is 0 Å². The van der Waals surface area contributed by atoms with E-state index in [2.05, 4.69) is 79.0 Å². The van der Waals surface area contributed by atoms with Crippen LogP contribution in [0.4, 0.5) is 0 Å². The molecule has 0 saturated heterocycles. The smallest absolute Gasteiger partial charge is 0.0247 e. The normalized spacial score (nSPS) is 13.2. The van der Waals surface area contributed by atoms with Gasteiger partial charge in [-0.15, -0.1) is 0 Å². The summed E-state index contributed by atoms with van der Waals surface area (Å²) in [6, 6.07) is 7.89. The van der Waals surface area contributed by atoms with Gasteiger partial charge in [0.15, 0.2) is 0 Å². The van der Waals surface area contributed by atoms with Gasteiger partial charge in [0.2, 0.25) is 0 Å². The molecule has 114 valence electrons. The molecule has 0 aliphatic heterocycles. The Labute approximate surface area is 133 Å². The van der Waals surface area contributed by atoms with E-state index in [1.54, 1.807) is 0 Å². The van der Waals surface area contributed by atoms with Crippen molar-refractivity contribution >= 4 is 15.9 Å². The second-order valence-corrected chi connectivity index (χ2v) is 6.64. The minimum atomic E-state index is 0.523. The minimum Gasteiger partial charge on any atom is -0.310 e. The molecular formula is C17H29BrN2. The maximum Gasteiger partial charge on any atom is 0.0247 e. The van der Waals surface area contributed by atoms with E-state index in [-0.39, 0.29) is 0 Å². The fourth-order valence-corrected chi connectivity index (χ4v) is 2.76. The summed E-state index contributed by atoms with van der Waals surface area (Å²) in [4.78, 5) is 2.52. The molecule has 0 aromatic heterocycles. The Morgan fingerprint density at radius 3 is 2.40 bits per heavy atom. The second-order valence-electron chi connectivity index (χ2n) is 5.78. The molecule has 0 aliphatic carbocycles. The number of nitrogens with zero attached hydrogens (tertiary/aromatic N) is 1. The summed E-state index contributed by atoms with van der Waals surface area (Å²) >= 11 is 3.73. The maximum atomic E-state index is 3.73. The summed E-state index contributed by atoms with van der Waals surface area (Å²) < 4.78 is 1.22. The molecule has 1 N–H and O–H groups in total. The van der Waals surface area contributed by atoms with Crippen LogP contribution in [0.3, 0.4) is 0 Å². The molecule has 2 nitrogen and oxygen atoms in total. The van der Waals surface area contributed by atoms with Crippen LogP contribution in [-0.2, 0) is 13.1 Å². The van der Waals surface area contributed by atoms with Crippen molar-refractivity contribution < 1.29 is 0 Å². The molecule has 3 heteroatoms. The lowest BCUT2D eigenvalue weighted by Gasteiger charge is -2.27. The van der Waals surface area contributed by atoms with E-state index in [1.165, 1.54) is 22.0 Å². The first-order chi connectivity index (χ1) is 9.47. The van der Waals surface area contributed by atoms with Crippen molar-refractivity contribution in [2.75, 3.05) is 6.54 Å².